The van der Waals surface area contributed by atoms with Crippen LogP contribution in [0.25, 0.3) is 0 Å². The lowest BCUT2D eigenvalue weighted by Gasteiger charge is -2.03. The summed E-state index contributed by atoms with van der Waals surface area (Å²) in [6.45, 7) is 2.39. The van der Waals surface area contributed by atoms with E-state index in [1.54, 1.807) is 30.7 Å². The first kappa shape index (κ1) is 10.4. The molecule has 0 unspecified atom stereocenters. The number of carbonyl (C=O) groups excluding carboxylic acids is 1. The third-order valence-electron chi connectivity index (χ3n) is 2.32. The molecule has 0 bridgehead atoms. The van der Waals surface area contributed by atoms with Crippen LogP contribution in [0.15, 0.2) is 30.7 Å². The van der Waals surface area contributed by atoms with Gasteiger partial charge in [-0.15, -0.1) is 0 Å². The zero-order chi connectivity index (χ0) is 11.4. The van der Waals surface area contributed by atoms with Gasteiger partial charge < -0.3 is 5.32 Å². The Balaban J connectivity index is 1.97. The molecule has 16 heavy (non-hydrogen) atoms. The quantitative estimate of drug-likeness (QED) is 0.805. The van der Waals surface area contributed by atoms with Crippen LogP contribution in [0, 0.1) is 6.92 Å². The molecule has 1 amide bonds. The summed E-state index contributed by atoms with van der Waals surface area (Å²) in [5, 5.41) is 9.52. The summed E-state index contributed by atoms with van der Waals surface area (Å²) in [7, 11) is 0. The second-order valence-electron chi connectivity index (χ2n) is 3.44. The topological polar surface area (TPSA) is 70.7 Å². The molecule has 0 saturated carbocycles. The molecule has 0 atom stereocenters. The molecule has 2 rings (SSSR count). The zero-order valence-electron chi connectivity index (χ0n) is 8.90. The molecule has 0 saturated heterocycles. The normalized spacial score (nSPS) is 10.1. The van der Waals surface area contributed by atoms with Gasteiger partial charge in [0.1, 0.15) is 0 Å². The first-order valence-electron chi connectivity index (χ1n) is 4.94. The Bertz CT molecular complexity index is 478. The van der Waals surface area contributed by atoms with Crippen LogP contribution in [-0.4, -0.2) is 21.1 Å². The number of nitrogens with one attached hydrogen (secondary N) is 2. The molecule has 5 heteroatoms. The summed E-state index contributed by atoms with van der Waals surface area (Å²) in [6, 6.07) is 3.36. The third-order valence-corrected chi connectivity index (χ3v) is 2.32. The largest absolute Gasteiger partial charge is 0.348 e. The van der Waals surface area contributed by atoms with E-state index in [4.69, 9.17) is 0 Å². The summed E-state index contributed by atoms with van der Waals surface area (Å²) in [5.74, 6) is -0.108. The van der Waals surface area contributed by atoms with Crippen LogP contribution < -0.4 is 5.32 Å². The zero-order valence-corrected chi connectivity index (χ0v) is 8.90. The van der Waals surface area contributed by atoms with Crippen LogP contribution in [0.4, 0.5) is 0 Å². The highest BCUT2D eigenvalue weighted by atomic mass is 16.1. The van der Waals surface area contributed by atoms with E-state index in [0.717, 1.165) is 11.3 Å². The third kappa shape index (κ3) is 2.25. The van der Waals surface area contributed by atoms with E-state index in [2.05, 4.69) is 20.5 Å². The minimum atomic E-state index is -0.108. The SMILES string of the molecule is Cc1[nH]ncc1CNC(=O)c1ccncc1. The minimum absolute atomic E-state index is 0.108. The monoisotopic (exact) mass is 216 g/mol. The summed E-state index contributed by atoms with van der Waals surface area (Å²) in [6.07, 6.45) is 4.90. The number of pyridine rings is 1. The molecule has 2 aromatic heterocycles. The van der Waals surface area contributed by atoms with Gasteiger partial charge in [0.2, 0.25) is 0 Å². The van der Waals surface area contributed by atoms with Crippen LogP contribution in [0.1, 0.15) is 21.6 Å². The molecule has 82 valence electrons. The highest BCUT2D eigenvalue weighted by molar-refractivity contribution is 5.93. The molecule has 0 fully saturated rings. The van der Waals surface area contributed by atoms with Gasteiger partial charge in [0.05, 0.1) is 6.20 Å². The van der Waals surface area contributed by atoms with Crippen molar-refractivity contribution in [1.29, 1.82) is 0 Å². The number of aryl methyl sites for hydroxylation is 1. The maximum absolute atomic E-state index is 11.7. The molecule has 0 spiro atoms. The maximum Gasteiger partial charge on any atom is 0.251 e. The van der Waals surface area contributed by atoms with Gasteiger partial charge >= 0.3 is 0 Å². The Kier molecular flexibility index (Phi) is 2.95. The fourth-order valence-corrected chi connectivity index (χ4v) is 1.33. The molecule has 0 aliphatic heterocycles. The Hall–Kier alpha value is -2.17. The van der Waals surface area contributed by atoms with E-state index in [1.807, 2.05) is 6.92 Å². The van der Waals surface area contributed by atoms with E-state index in [9.17, 15) is 4.79 Å². The highest BCUT2D eigenvalue weighted by Gasteiger charge is 2.05. The minimum Gasteiger partial charge on any atom is -0.348 e. The molecular formula is C11H12N4O. The van der Waals surface area contributed by atoms with Gasteiger partial charge in [0, 0.05) is 35.8 Å². The van der Waals surface area contributed by atoms with Crippen LogP contribution in [-0.2, 0) is 6.54 Å². The van der Waals surface area contributed by atoms with Crippen molar-refractivity contribution in [2.24, 2.45) is 0 Å². The summed E-state index contributed by atoms with van der Waals surface area (Å²) < 4.78 is 0. The standard InChI is InChI=1S/C11H12N4O/c1-8-10(7-14-15-8)6-13-11(16)9-2-4-12-5-3-9/h2-5,7H,6H2,1H3,(H,13,16)(H,14,15). The summed E-state index contributed by atoms with van der Waals surface area (Å²) >= 11 is 0. The van der Waals surface area contributed by atoms with Crippen LogP contribution in [0.2, 0.25) is 0 Å². The lowest BCUT2D eigenvalue weighted by Crippen LogP contribution is -2.22. The van der Waals surface area contributed by atoms with Crippen molar-refractivity contribution in [2.75, 3.05) is 0 Å². The lowest BCUT2D eigenvalue weighted by molar-refractivity contribution is 0.0951. The predicted molar refractivity (Wildman–Crippen MR) is 58.7 cm³/mol. The van der Waals surface area contributed by atoms with Crippen LogP contribution in [0.3, 0.4) is 0 Å². The average molecular weight is 216 g/mol. The molecule has 0 radical (unpaired) electrons. The number of H-pyrrole nitrogens is 1. The van der Waals surface area contributed by atoms with E-state index in [-0.39, 0.29) is 5.91 Å². The Morgan fingerprint density at radius 2 is 2.19 bits per heavy atom. The average Bonchev–Trinajstić information content (AvgIpc) is 2.73. The molecule has 5 nitrogen and oxygen atoms in total. The smallest absolute Gasteiger partial charge is 0.251 e. The second kappa shape index (κ2) is 4.57. The number of aromatic amines is 1. The van der Waals surface area contributed by atoms with Crippen LogP contribution >= 0.6 is 0 Å². The van der Waals surface area contributed by atoms with Gasteiger partial charge in [0.25, 0.3) is 5.91 Å². The number of carbonyl (C=O) groups is 1. The first-order chi connectivity index (χ1) is 7.77. The van der Waals surface area contributed by atoms with Crippen LogP contribution in [0.5, 0.6) is 0 Å². The molecule has 0 aromatic carbocycles. The van der Waals surface area contributed by atoms with Gasteiger partial charge in [-0.3, -0.25) is 14.9 Å². The number of nitrogens with zero attached hydrogens (tertiary/aromatic N) is 2. The lowest BCUT2D eigenvalue weighted by atomic mass is 10.2. The summed E-state index contributed by atoms with van der Waals surface area (Å²) in [5.41, 5.74) is 2.56. The molecule has 2 N–H and O–H groups in total. The molecule has 2 aromatic rings. The van der Waals surface area contributed by atoms with E-state index < -0.39 is 0 Å². The van der Waals surface area contributed by atoms with Crippen molar-refractivity contribution in [2.45, 2.75) is 13.5 Å². The number of hydrogen-bond donors (Lipinski definition) is 2. The first-order valence-corrected chi connectivity index (χ1v) is 4.94. The van der Waals surface area contributed by atoms with E-state index in [0.29, 0.717) is 12.1 Å². The van der Waals surface area contributed by atoms with Crippen molar-refractivity contribution in [3.8, 4) is 0 Å². The van der Waals surface area contributed by atoms with Gasteiger partial charge in [-0.2, -0.15) is 5.10 Å². The van der Waals surface area contributed by atoms with Gasteiger partial charge in [-0.1, -0.05) is 0 Å². The maximum atomic E-state index is 11.7. The van der Waals surface area contributed by atoms with Gasteiger partial charge in [-0.25, -0.2) is 0 Å². The van der Waals surface area contributed by atoms with E-state index in [1.165, 1.54) is 0 Å². The van der Waals surface area contributed by atoms with E-state index >= 15 is 0 Å². The fraction of sp³-hybridized carbons (Fsp3) is 0.182. The Morgan fingerprint density at radius 1 is 1.44 bits per heavy atom. The Labute approximate surface area is 92.9 Å². The predicted octanol–water partition coefficient (Wildman–Crippen LogP) is 1.04. The second-order valence-corrected chi connectivity index (χ2v) is 3.44. The molecular weight excluding hydrogens is 204 g/mol. The van der Waals surface area contributed by atoms with Crippen molar-refractivity contribution < 1.29 is 4.79 Å². The number of aromatic nitrogens is 3. The highest BCUT2D eigenvalue weighted by Crippen LogP contribution is 2.02. The molecule has 2 heterocycles. The number of amides is 1. The van der Waals surface area contributed by atoms with Gasteiger partial charge in [0.15, 0.2) is 0 Å². The molecule has 0 aliphatic carbocycles. The number of rotatable bonds is 3. The fourth-order valence-electron chi connectivity index (χ4n) is 1.33. The van der Waals surface area contributed by atoms with Crippen molar-refractivity contribution in [3.05, 3.63) is 47.5 Å². The van der Waals surface area contributed by atoms with Crippen molar-refractivity contribution in [3.63, 3.8) is 0 Å². The Morgan fingerprint density at radius 3 is 2.81 bits per heavy atom. The van der Waals surface area contributed by atoms with Gasteiger partial charge in [-0.05, 0) is 19.1 Å². The molecule has 0 aliphatic rings. The number of hydrogen-bond acceptors (Lipinski definition) is 3. The van der Waals surface area contributed by atoms with Crippen molar-refractivity contribution >= 4 is 5.91 Å². The summed E-state index contributed by atoms with van der Waals surface area (Å²) in [4.78, 5) is 15.5. The van der Waals surface area contributed by atoms with Crippen molar-refractivity contribution in [1.82, 2.24) is 20.5 Å².